The van der Waals surface area contributed by atoms with Gasteiger partial charge in [-0.05, 0) is 6.92 Å². The molecule has 0 amide bonds. The molecular formula is C10H14N4O4. The Labute approximate surface area is 103 Å². The predicted molar refractivity (Wildman–Crippen MR) is 60.0 cm³/mol. The van der Waals surface area contributed by atoms with E-state index >= 15 is 0 Å². The van der Waals surface area contributed by atoms with E-state index in [0.29, 0.717) is 25.6 Å². The van der Waals surface area contributed by atoms with Crippen LogP contribution in [0.3, 0.4) is 0 Å². The van der Waals surface area contributed by atoms with Crippen LogP contribution in [0.25, 0.3) is 0 Å². The van der Waals surface area contributed by atoms with E-state index in [1.54, 1.807) is 6.92 Å². The molecule has 1 aliphatic heterocycles. The van der Waals surface area contributed by atoms with Gasteiger partial charge in [-0.3, -0.25) is 4.79 Å². The van der Waals surface area contributed by atoms with Gasteiger partial charge in [-0.25, -0.2) is 9.48 Å². The topological polar surface area (TPSA) is 95.3 Å². The number of ether oxygens (including phenoxy) is 2. The van der Waals surface area contributed by atoms with E-state index in [-0.39, 0.29) is 17.7 Å². The van der Waals surface area contributed by atoms with Gasteiger partial charge in [-0.15, -0.1) is 5.10 Å². The molecule has 0 aromatic carbocycles. The van der Waals surface area contributed by atoms with Gasteiger partial charge in [0.1, 0.15) is 0 Å². The lowest BCUT2D eigenvalue weighted by Gasteiger charge is -2.21. The molecule has 8 heteroatoms. The maximum atomic E-state index is 11.6. The number of carbonyl (C=O) groups is 2. The van der Waals surface area contributed by atoms with Gasteiger partial charge in [0.25, 0.3) is 5.82 Å². The van der Waals surface area contributed by atoms with Crippen molar-refractivity contribution in [1.29, 1.82) is 0 Å². The van der Waals surface area contributed by atoms with Crippen molar-refractivity contribution in [2.75, 3.05) is 25.6 Å². The molecule has 98 valence electrons. The second kappa shape index (κ2) is 5.03. The Hall–Kier alpha value is -2.12. The van der Waals surface area contributed by atoms with E-state index in [1.807, 2.05) is 0 Å². The predicted octanol–water partition coefficient (Wildman–Crippen LogP) is -0.331. The summed E-state index contributed by atoms with van der Waals surface area (Å²) in [6, 6.07) is 0. The van der Waals surface area contributed by atoms with E-state index in [2.05, 4.69) is 20.1 Å². The summed E-state index contributed by atoms with van der Waals surface area (Å²) in [7, 11) is 1.26. The molecule has 18 heavy (non-hydrogen) atoms. The number of aromatic nitrogens is 3. The Kier molecular flexibility index (Phi) is 3.45. The summed E-state index contributed by atoms with van der Waals surface area (Å²) < 4.78 is 10.9. The minimum absolute atomic E-state index is 0.0236. The Balaban J connectivity index is 2.12. The molecule has 0 spiro atoms. The minimum Gasteiger partial charge on any atom is -0.466 e. The fraction of sp³-hybridized carbons (Fsp3) is 0.600. The monoisotopic (exact) mass is 254 g/mol. The van der Waals surface area contributed by atoms with E-state index in [4.69, 9.17) is 4.74 Å². The number of hydrogen-bond donors (Lipinski definition) is 1. The number of esters is 2. The van der Waals surface area contributed by atoms with Crippen LogP contribution < -0.4 is 5.32 Å². The molecule has 1 atom stereocenters. The lowest BCUT2D eigenvalue weighted by atomic mass is 10.1. The summed E-state index contributed by atoms with van der Waals surface area (Å²) in [5.74, 6) is -0.790. The van der Waals surface area contributed by atoms with Gasteiger partial charge in [0.2, 0.25) is 5.95 Å². The molecule has 0 fully saturated rings. The standard InChI is InChI=1S/C10H14N4O4/c1-3-18-8(15)6-4-11-10-12-7(9(16)17-2)13-14(10)5-6/h6H,3-5H2,1-2H3,(H,11,12,13). The zero-order valence-corrected chi connectivity index (χ0v) is 10.2. The Morgan fingerprint density at radius 1 is 1.56 bits per heavy atom. The van der Waals surface area contributed by atoms with Crippen molar-refractivity contribution in [1.82, 2.24) is 14.8 Å². The van der Waals surface area contributed by atoms with Crippen LogP contribution in [0.5, 0.6) is 0 Å². The van der Waals surface area contributed by atoms with E-state index in [9.17, 15) is 9.59 Å². The smallest absolute Gasteiger partial charge is 0.378 e. The average Bonchev–Trinajstić information content (AvgIpc) is 2.80. The number of anilines is 1. The molecule has 1 aromatic rings. The third-order valence-electron chi connectivity index (χ3n) is 2.56. The fourth-order valence-electron chi connectivity index (χ4n) is 1.68. The Bertz CT molecular complexity index is 470. The van der Waals surface area contributed by atoms with Crippen LogP contribution in [0.15, 0.2) is 0 Å². The lowest BCUT2D eigenvalue weighted by molar-refractivity contribution is -0.148. The van der Waals surface area contributed by atoms with Crippen molar-refractivity contribution >= 4 is 17.9 Å². The molecule has 1 unspecified atom stereocenters. The molecule has 0 saturated heterocycles. The van der Waals surface area contributed by atoms with Crippen LogP contribution in [0.2, 0.25) is 0 Å². The van der Waals surface area contributed by atoms with Crippen molar-refractivity contribution in [3.63, 3.8) is 0 Å². The van der Waals surface area contributed by atoms with Crippen LogP contribution in [-0.4, -0.2) is 47.0 Å². The highest BCUT2D eigenvalue weighted by atomic mass is 16.5. The van der Waals surface area contributed by atoms with Gasteiger partial charge in [0.15, 0.2) is 0 Å². The van der Waals surface area contributed by atoms with Gasteiger partial charge in [-0.2, -0.15) is 4.98 Å². The summed E-state index contributed by atoms with van der Waals surface area (Å²) in [6.45, 7) is 2.85. The van der Waals surface area contributed by atoms with Crippen molar-refractivity contribution in [2.45, 2.75) is 13.5 Å². The summed E-state index contributed by atoms with van der Waals surface area (Å²) >= 11 is 0. The Morgan fingerprint density at radius 3 is 3.00 bits per heavy atom. The quantitative estimate of drug-likeness (QED) is 0.738. The first-order valence-corrected chi connectivity index (χ1v) is 5.59. The van der Waals surface area contributed by atoms with E-state index < -0.39 is 5.97 Å². The molecule has 0 saturated carbocycles. The zero-order valence-electron chi connectivity index (χ0n) is 10.2. The largest absolute Gasteiger partial charge is 0.466 e. The molecule has 1 aromatic heterocycles. The van der Waals surface area contributed by atoms with Crippen LogP contribution in [0.4, 0.5) is 5.95 Å². The third-order valence-corrected chi connectivity index (χ3v) is 2.56. The fourth-order valence-corrected chi connectivity index (χ4v) is 1.68. The average molecular weight is 254 g/mol. The van der Waals surface area contributed by atoms with Gasteiger partial charge in [0.05, 0.1) is 26.2 Å². The van der Waals surface area contributed by atoms with Crippen molar-refractivity contribution in [3.8, 4) is 0 Å². The third kappa shape index (κ3) is 2.27. The van der Waals surface area contributed by atoms with Crippen molar-refractivity contribution < 1.29 is 19.1 Å². The molecule has 0 radical (unpaired) electrons. The molecule has 1 aliphatic rings. The number of nitrogens with zero attached hydrogens (tertiary/aromatic N) is 3. The first-order chi connectivity index (χ1) is 8.65. The SMILES string of the molecule is CCOC(=O)C1CNc2nc(C(=O)OC)nn2C1. The van der Waals surface area contributed by atoms with Crippen LogP contribution in [0, 0.1) is 5.92 Å². The first kappa shape index (κ1) is 12.3. The second-order valence-corrected chi connectivity index (χ2v) is 3.76. The lowest BCUT2D eigenvalue weighted by Crippen LogP contribution is -2.34. The van der Waals surface area contributed by atoms with Crippen LogP contribution in [-0.2, 0) is 20.8 Å². The molecule has 2 heterocycles. The van der Waals surface area contributed by atoms with Crippen molar-refractivity contribution in [2.24, 2.45) is 5.92 Å². The molecule has 2 rings (SSSR count). The summed E-state index contributed by atoms with van der Waals surface area (Å²) in [6.07, 6.45) is 0. The van der Waals surface area contributed by atoms with E-state index in [1.165, 1.54) is 11.8 Å². The molecular weight excluding hydrogens is 240 g/mol. The Morgan fingerprint density at radius 2 is 2.33 bits per heavy atom. The van der Waals surface area contributed by atoms with Gasteiger partial charge >= 0.3 is 11.9 Å². The molecule has 0 bridgehead atoms. The summed E-state index contributed by atoms with van der Waals surface area (Å²) in [5, 5.41) is 6.91. The van der Waals surface area contributed by atoms with Gasteiger partial charge < -0.3 is 14.8 Å². The number of fused-ring (bicyclic) bond motifs is 1. The molecule has 0 aliphatic carbocycles. The minimum atomic E-state index is -0.605. The summed E-state index contributed by atoms with van der Waals surface area (Å²) in [4.78, 5) is 26.8. The number of rotatable bonds is 3. The zero-order chi connectivity index (χ0) is 13.1. The first-order valence-electron chi connectivity index (χ1n) is 5.59. The molecule has 1 N–H and O–H groups in total. The second-order valence-electron chi connectivity index (χ2n) is 3.76. The normalized spacial score (nSPS) is 17.6. The highest BCUT2D eigenvalue weighted by Crippen LogP contribution is 2.16. The highest BCUT2D eigenvalue weighted by molar-refractivity contribution is 5.85. The van der Waals surface area contributed by atoms with Gasteiger partial charge in [-0.1, -0.05) is 0 Å². The maximum absolute atomic E-state index is 11.6. The summed E-state index contributed by atoms with van der Waals surface area (Å²) in [5.41, 5.74) is 0. The van der Waals surface area contributed by atoms with E-state index in [0.717, 1.165) is 0 Å². The number of methoxy groups -OCH3 is 1. The molecule has 8 nitrogen and oxygen atoms in total. The maximum Gasteiger partial charge on any atom is 0.378 e. The number of carbonyl (C=O) groups excluding carboxylic acids is 2. The number of nitrogens with one attached hydrogen (secondary N) is 1. The van der Waals surface area contributed by atoms with Crippen LogP contribution in [0.1, 0.15) is 17.5 Å². The highest BCUT2D eigenvalue weighted by Gasteiger charge is 2.28. The van der Waals surface area contributed by atoms with Gasteiger partial charge in [0, 0.05) is 6.54 Å². The van der Waals surface area contributed by atoms with Crippen LogP contribution >= 0.6 is 0 Å². The van der Waals surface area contributed by atoms with Crippen molar-refractivity contribution in [3.05, 3.63) is 5.82 Å². The number of hydrogen-bond acceptors (Lipinski definition) is 7.